The van der Waals surface area contributed by atoms with Gasteiger partial charge in [-0.25, -0.2) is 0 Å². The zero-order chi connectivity index (χ0) is 21.0. The number of carboxylic acids is 2. The van der Waals surface area contributed by atoms with Crippen LogP contribution in [0.2, 0.25) is 0 Å². The van der Waals surface area contributed by atoms with Gasteiger partial charge in [-0.2, -0.15) is 0 Å². The standard InChI is InChI=1S/C20H30O7/c1-19(2,17(24)25)9-5-7-12-11-13(15(22)16(23)14(12)21)8-6-10-20(3,4)18(26)27/h11,21-23H,5-10H2,1-4H3,(H,24,25)(H,26,27). The van der Waals surface area contributed by atoms with Crippen LogP contribution in [0.25, 0.3) is 0 Å². The fourth-order valence-electron chi connectivity index (χ4n) is 2.80. The highest BCUT2D eigenvalue weighted by atomic mass is 16.4. The Morgan fingerprint density at radius 1 is 0.741 bits per heavy atom. The molecule has 0 unspecified atom stereocenters. The zero-order valence-corrected chi connectivity index (χ0v) is 16.4. The molecule has 1 aromatic carbocycles. The third kappa shape index (κ3) is 5.77. The maximum atomic E-state index is 11.2. The molecule has 0 aliphatic carbocycles. The van der Waals surface area contributed by atoms with Crippen molar-refractivity contribution >= 4 is 11.9 Å². The van der Waals surface area contributed by atoms with E-state index in [-0.39, 0.29) is 0 Å². The Balaban J connectivity index is 2.86. The first kappa shape index (κ1) is 22.6. The number of hydrogen-bond donors (Lipinski definition) is 5. The third-order valence-electron chi connectivity index (χ3n) is 5.06. The van der Waals surface area contributed by atoms with Crippen molar-refractivity contribution in [1.29, 1.82) is 0 Å². The number of carbonyl (C=O) groups is 2. The lowest BCUT2D eigenvalue weighted by atomic mass is 9.85. The van der Waals surface area contributed by atoms with Gasteiger partial charge in [0.15, 0.2) is 11.5 Å². The lowest BCUT2D eigenvalue weighted by Crippen LogP contribution is -2.23. The van der Waals surface area contributed by atoms with Crippen LogP contribution in [0.5, 0.6) is 17.2 Å². The van der Waals surface area contributed by atoms with Crippen LogP contribution in [0.15, 0.2) is 6.07 Å². The van der Waals surface area contributed by atoms with Crippen molar-refractivity contribution in [3.8, 4) is 17.2 Å². The summed E-state index contributed by atoms with van der Waals surface area (Å²) in [7, 11) is 0. The Morgan fingerprint density at radius 3 is 1.37 bits per heavy atom. The number of aliphatic carboxylic acids is 2. The van der Waals surface area contributed by atoms with Gasteiger partial charge in [-0.15, -0.1) is 0 Å². The maximum absolute atomic E-state index is 11.2. The van der Waals surface area contributed by atoms with Gasteiger partial charge < -0.3 is 25.5 Å². The first-order valence-electron chi connectivity index (χ1n) is 9.02. The predicted molar refractivity (Wildman–Crippen MR) is 100 cm³/mol. The summed E-state index contributed by atoms with van der Waals surface area (Å²) < 4.78 is 0. The molecule has 0 spiro atoms. The van der Waals surface area contributed by atoms with Crippen LogP contribution in [0.4, 0.5) is 0 Å². The van der Waals surface area contributed by atoms with E-state index in [1.165, 1.54) is 0 Å². The van der Waals surface area contributed by atoms with E-state index in [2.05, 4.69) is 0 Å². The summed E-state index contributed by atoms with van der Waals surface area (Å²) in [6, 6.07) is 1.59. The van der Waals surface area contributed by atoms with Gasteiger partial charge in [0.2, 0.25) is 5.75 Å². The SMILES string of the molecule is CC(C)(CCCc1cc(CCCC(C)(C)C(=O)O)c(O)c(O)c1O)C(=O)O. The number of aromatic hydroxyl groups is 3. The van der Waals surface area contributed by atoms with E-state index >= 15 is 0 Å². The molecule has 0 aliphatic rings. The lowest BCUT2D eigenvalue weighted by molar-refractivity contribution is -0.148. The molecule has 0 aromatic heterocycles. The molecular formula is C20H30O7. The fraction of sp³-hybridized carbons (Fsp3) is 0.600. The van der Waals surface area contributed by atoms with E-state index in [0.717, 1.165) is 0 Å². The predicted octanol–water partition coefficient (Wildman–Crippen LogP) is 3.67. The molecule has 152 valence electrons. The quantitative estimate of drug-likeness (QED) is 0.390. The number of benzene rings is 1. The topological polar surface area (TPSA) is 135 Å². The highest BCUT2D eigenvalue weighted by Gasteiger charge is 2.28. The van der Waals surface area contributed by atoms with E-state index in [4.69, 9.17) is 10.2 Å². The van der Waals surface area contributed by atoms with Gasteiger partial charge in [-0.05, 0) is 83.4 Å². The van der Waals surface area contributed by atoms with E-state index in [1.54, 1.807) is 33.8 Å². The van der Waals surface area contributed by atoms with Gasteiger partial charge in [0, 0.05) is 0 Å². The van der Waals surface area contributed by atoms with Crippen LogP contribution >= 0.6 is 0 Å². The molecule has 0 radical (unpaired) electrons. The molecule has 0 amide bonds. The van der Waals surface area contributed by atoms with Crippen LogP contribution in [-0.2, 0) is 22.4 Å². The minimum absolute atomic E-state index is 0.351. The van der Waals surface area contributed by atoms with Crippen LogP contribution in [-0.4, -0.2) is 37.5 Å². The average Bonchev–Trinajstić information content (AvgIpc) is 2.55. The average molecular weight is 382 g/mol. The number of carboxylic acid groups (broad SMARTS) is 2. The largest absolute Gasteiger partial charge is 0.504 e. The Bertz CT molecular complexity index is 649. The summed E-state index contributed by atoms with van der Waals surface area (Å²) in [6.45, 7) is 6.50. The second kappa shape index (κ2) is 8.50. The van der Waals surface area contributed by atoms with Gasteiger partial charge in [-0.3, -0.25) is 9.59 Å². The molecule has 7 heteroatoms. The summed E-state index contributed by atoms with van der Waals surface area (Å²) in [5, 5.41) is 48.4. The van der Waals surface area contributed by atoms with E-state index in [0.29, 0.717) is 49.7 Å². The minimum atomic E-state index is -0.901. The molecule has 1 rings (SSSR count). The molecule has 0 bridgehead atoms. The van der Waals surface area contributed by atoms with Crippen molar-refractivity contribution in [3.63, 3.8) is 0 Å². The smallest absolute Gasteiger partial charge is 0.309 e. The molecule has 0 saturated heterocycles. The molecule has 0 fully saturated rings. The Labute approximate surface area is 159 Å². The first-order valence-corrected chi connectivity index (χ1v) is 9.02. The molecule has 0 saturated carbocycles. The van der Waals surface area contributed by atoms with Gasteiger partial charge in [0.1, 0.15) is 0 Å². The number of aryl methyl sites for hydroxylation is 2. The van der Waals surface area contributed by atoms with Gasteiger partial charge in [0.25, 0.3) is 0 Å². The number of phenolic OH excluding ortho intramolecular Hbond substituents is 3. The lowest BCUT2D eigenvalue weighted by Gasteiger charge is -2.20. The summed E-state index contributed by atoms with van der Waals surface area (Å²) in [5.41, 5.74) is -0.919. The summed E-state index contributed by atoms with van der Waals surface area (Å²) in [5.74, 6) is -3.22. The fourth-order valence-corrected chi connectivity index (χ4v) is 2.80. The number of hydrogen-bond acceptors (Lipinski definition) is 5. The molecule has 1 aromatic rings. The summed E-state index contributed by atoms with van der Waals surface area (Å²) >= 11 is 0. The van der Waals surface area contributed by atoms with E-state index < -0.39 is 40.0 Å². The highest BCUT2D eigenvalue weighted by molar-refractivity contribution is 5.73. The molecule has 0 heterocycles. The molecular weight excluding hydrogens is 352 g/mol. The molecule has 0 atom stereocenters. The number of phenols is 3. The molecule has 7 nitrogen and oxygen atoms in total. The summed E-state index contributed by atoms with van der Waals surface area (Å²) in [6.07, 6.45) is 2.47. The van der Waals surface area contributed by atoms with E-state index in [1.807, 2.05) is 0 Å². The highest BCUT2D eigenvalue weighted by Crippen LogP contribution is 2.42. The Hall–Kier alpha value is -2.44. The van der Waals surface area contributed by atoms with Crippen LogP contribution < -0.4 is 0 Å². The molecule has 0 aliphatic heterocycles. The van der Waals surface area contributed by atoms with Crippen molar-refractivity contribution in [3.05, 3.63) is 17.2 Å². The monoisotopic (exact) mass is 382 g/mol. The Kier molecular flexibility index (Phi) is 7.11. The molecule has 27 heavy (non-hydrogen) atoms. The third-order valence-corrected chi connectivity index (χ3v) is 5.06. The van der Waals surface area contributed by atoms with Gasteiger partial charge >= 0.3 is 11.9 Å². The van der Waals surface area contributed by atoms with Crippen LogP contribution in [0.1, 0.15) is 64.5 Å². The van der Waals surface area contributed by atoms with Crippen LogP contribution in [0, 0.1) is 10.8 Å². The second-order valence-electron chi connectivity index (χ2n) is 8.33. The maximum Gasteiger partial charge on any atom is 0.309 e. The van der Waals surface area contributed by atoms with Crippen LogP contribution in [0.3, 0.4) is 0 Å². The van der Waals surface area contributed by atoms with E-state index in [9.17, 15) is 24.9 Å². The van der Waals surface area contributed by atoms with Crippen molar-refractivity contribution in [2.45, 2.75) is 66.2 Å². The Morgan fingerprint density at radius 2 is 1.07 bits per heavy atom. The van der Waals surface area contributed by atoms with Crippen molar-refractivity contribution in [2.75, 3.05) is 0 Å². The van der Waals surface area contributed by atoms with Crippen molar-refractivity contribution in [1.82, 2.24) is 0 Å². The first-order chi connectivity index (χ1) is 12.3. The molecule has 5 N–H and O–H groups in total. The van der Waals surface area contributed by atoms with Gasteiger partial charge in [-0.1, -0.05) is 0 Å². The van der Waals surface area contributed by atoms with Crippen molar-refractivity contribution < 1.29 is 35.1 Å². The van der Waals surface area contributed by atoms with Gasteiger partial charge in [0.05, 0.1) is 10.8 Å². The van der Waals surface area contributed by atoms with Crippen molar-refractivity contribution in [2.24, 2.45) is 10.8 Å². The summed E-state index contributed by atoms with van der Waals surface area (Å²) in [4.78, 5) is 22.3. The normalized spacial score (nSPS) is 12.1. The zero-order valence-electron chi connectivity index (χ0n) is 16.4. The minimum Gasteiger partial charge on any atom is -0.504 e. The number of rotatable bonds is 10. The second-order valence-corrected chi connectivity index (χ2v) is 8.33.